The lowest BCUT2D eigenvalue weighted by Crippen LogP contribution is -2.50. The maximum Gasteiger partial charge on any atom is 0.424 e. The molecule has 2 aromatic carbocycles. The number of nitrogens with zero attached hydrogens (tertiary/aromatic N) is 3. The Morgan fingerprint density at radius 3 is 2.42 bits per heavy atom. The highest BCUT2D eigenvalue weighted by molar-refractivity contribution is 14.1. The molecular weight excluding hydrogens is 509 g/mol. The van der Waals surface area contributed by atoms with Crippen LogP contribution in [-0.2, 0) is 20.9 Å². The van der Waals surface area contributed by atoms with Gasteiger partial charge in [0.05, 0.1) is 19.1 Å². The summed E-state index contributed by atoms with van der Waals surface area (Å²) in [6.45, 7) is 0.356. The van der Waals surface area contributed by atoms with Gasteiger partial charge in [0.25, 0.3) is 5.91 Å². The van der Waals surface area contributed by atoms with Crippen LogP contribution < -0.4 is 0 Å². The van der Waals surface area contributed by atoms with E-state index in [2.05, 4.69) is 22.6 Å². The van der Waals surface area contributed by atoms with Gasteiger partial charge in [0.1, 0.15) is 6.04 Å². The van der Waals surface area contributed by atoms with E-state index in [-0.39, 0.29) is 5.91 Å². The molecule has 0 N–H and O–H groups in total. The van der Waals surface area contributed by atoms with Gasteiger partial charge in [-0.2, -0.15) is 0 Å². The Kier molecular flexibility index (Phi) is 6.10. The number of ether oxygens (including phenoxy) is 1. The average Bonchev–Trinajstić information content (AvgIpc) is 3.21. The lowest BCUT2D eigenvalue weighted by atomic mass is 9.94. The Bertz CT molecular complexity index is 1040. The first kappa shape index (κ1) is 21.5. The average molecular weight is 531 g/mol. The van der Waals surface area contributed by atoms with Crippen molar-refractivity contribution in [1.29, 1.82) is 0 Å². The summed E-state index contributed by atoms with van der Waals surface area (Å²) in [5, 5.41) is 3.10. The molecule has 2 aromatic rings. The molecule has 8 heteroatoms. The van der Waals surface area contributed by atoms with Crippen molar-refractivity contribution in [2.45, 2.75) is 18.6 Å². The van der Waals surface area contributed by atoms with Gasteiger partial charge in [-0.15, -0.1) is 0 Å². The number of halogens is 1. The standard InChI is InChI=1S/C23H22IN3O4/c1-25-21(28)19-18(13-12-15-8-4-3-5-9-15)26(14-16-10-6-7-11-17(16)24)27(23(30)31-2)20(19)22(25)29/h3-13,18-20H,14H2,1-2H3/b13-12+/t18-,19-,20+/m0/s1. The minimum atomic E-state index is -0.920. The quantitative estimate of drug-likeness (QED) is 0.448. The van der Waals surface area contributed by atoms with Gasteiger partial charge in [0.2, 0.25) is 5.91 Å². The molecule has 2 aliphatic rings. The first-order chi connectivity index (χ1) is 14.9. The van der Waals surface area contributed by atoms with Crippen LogP contribution in [0.5, 0.6) is 0 Å². The van der Waals surface area contributed by atoms with Crippen LogP contribution in [0.25, 0.3) is 6.08 Å². The van der Waals surface area contributed by atoms with Crippen LogP contribution in [0.15, 0.2) is 60.7 Å². The predicted octanol–water partition coefficient (Wildman–Crippen LogP) is 3.16. The largest absolute Gasteiger partial charge is 0.452 e. The van der Waals surface area contributed by atoms with Crippen LogP contribution in [0.2, 0.25) is 0 Å². The fourth-order valence-corrected chi connectivity index (χ4v) is 4.74. The third-order valence-electron chi connectivity index (χ3n) is 5.73. The second kappa shape index (κ2) is 8.80. The SMILES string of the molecule is COC(=O)N1[C@H]2C(=O)N(C)C(=O)[C@H]2[C@H](/C=C/c2ccccc2)N1Cc1ccccc1I. The van der Waals surface area contributed by atoms with E-state index in [1.165, 1.54) is 19.2 Å². The second-order valence-corrected chi connectivity index (χ2v) is 8.63. The maximum absolute atomic E-state index is 13.0. The molecule has 2 aliphatic heterocycles. The number of hydrogen-bond acceptors (Lipinski definition) is 5. The number of carbonyl (C=O) groups excluding carboxylic acids is 3. The summed E-state index contributed by atoms with van der Waals surface area (Å²) in [6.07, 6.45) is 3.16. The minimum absolute atomic E-state index is 0.295. The van der Waals surface area contributed by atoms with Crippen molar-refractivity contribution in [3.05, 3.63) is 75.4 Å². The van der Waals surface area contributed by atoms with E-state index < -0.39 is 30.0 Å². The highest BCUT2D eigenvalue weighted by atomic mass is 127. The molecule has 160 valence electrons. The maximum atomic E-state index is 13.0. The van der Waals surface area contributed by atoms with Crippen molar-refractivity contribution in [2.75, 3.05) is 14.2 Å². The summed E-state index contributed by atoms with van der Waals surface area (Å²) in [5.41, 5.74) is 1.96. The molecular formula is C23H22IN3O4. The normalized spacial score (nSPS) is 23.6. The minimum Gasteiger partial charge on any atom is -0.452 e. The van der Waals surface area contributed by atoms with Gasteiger partial charge < -0.3 is 4.74 Å². The van der Waals surface area contributed by atoms with Gasteiger partial charge >= 0.3 is 6.09 Å². The number of hydrogen-bond donors (Lipinski definition) is 0. The highest BCUT2D eigenvalue weighted by Crippen LogP contribution is 2.40. The van der Waals surface area contributed by atoms with E-state index >= 15 is 0 Å². The molecule has 2 heterocycles. The van der Waals surface area contributed by atoms with Crippen LogP contribution in [0.3, 0.4) is 0 Å². The number of imide groups is 1. The molecule has 31 heavy (non-hydrogen) atoms. The number of likely N-dealkylation sites (tertiary alicyclic amines) is 1. The fourth-order valence-electron chi connectivity index (χ4n) is 4.19. The number of amides is 3. The van der Waals surface area contributed by atoms with Crippen molar-refractivity contribution in [3.8, 4) is 0 Å². The predicted molar refractivity (Wildman–Crippen MR) is 123 cm³/mol. The van der Waals surface area contributed by atoms with Gasteiger partial charge in [-0.05, 0) is 39.8 Å². The van der Waals surface area contributed by atoms with Crippen molar-refractivity contribution in [2.24, 2.45) is 5.92 Å². The van der Waals surface area contributed by atoms with E-state index in [9.17, 15) is 14.4 Å². The summed E-state index contributed by atoms with van der Waals surface area (Å²) in [5.74, 6) is -1.39. The molecule has 0 aromatic heterocycles. The Labute approximate surface area is 194 Å². The first-order valence-electron chi connectivity index (χ1n) is 9.86. The lowest BCUT2D eigenvalue weighted by Gasteiger charge is -2.33. The number of benzene rings is 2. The zero-order valence-electron chi connectivity index (χ0n) is 17.1. The Balaban J connectivity index is 1.79. The second-order valence-electron chi connectivity index (χ2n) is 7.47. The van der Waals surface area contributed by atoms with E-state index in [4.69, 9.17) is 4.74 Å². The molecule has 0 radical (unpaired) electrons. The van der Waals surface area contributed by atoms with E-state index in [0.29, 0.717) is 6.54 Å². The van der Waals surface area contributed by atoms with Gasteiger partial charge in [0, 0.05) is 17.2 Å². The number of likely N-dealkylation sites (N-methyl/N-ethyl adjacent to an activating group) is 1. The molecule has 0 bridgehead atoms. The number of methoxy groups -OCH3 is 1. The molecule has 0 aliphatic carbocycles. The molecule has 4 rings (SSSR count). The van der Waals surface area contributed by atoms with E-state index in [1.54, 1.807) is 5.01 Å². The molecule has 0 unspecified atom stereocenters. The zero-order chi connectivity index (χ0) is 22.1. The number of fused-ring (bicyclic) bond motifs is 1. The topological polar surface area (TPSA) is 70.2 Å². The lowest BCUT2D eigenvalue weighted by molar-refractivity contribution is -0.142. The summed E-state index contributed by atoms with van der Waals surface area (Å²) in [6, 6.07) is 16.1. The van der Waals surface area contributed by atoms with Crippen molar-refractivity contribution in [1.82, 2.24) is 14.9 Å². The monoisotopic (exact) mass is 531 g/mol. The summed E-state index contributed by atoms with van der Waals surface area (Å²) >= 11 is 2.24. The molecule has 0 spiro atoms. The highest BCUT2D eigenvalue weighted by Gasteiger charge is 2.61. The van der Waals surface area contributed by atoms with Crippen molar-refractivity contribution >= 4 is 46.6 Å². The van der Waals surface area contributed by atoms with Crippen molar-refractivity contribution in [3.63, 3.8) is 0 Å². The Morgan fingerprint density at radius 1 is 1.06 bits per heavy atom. The van der Waals surface area contributed by atoms with Gasteiger partial charge in [-0.3, -0.25) is 14.5 Å². The molecule has 0 saturated carbocycles. The van der Waals surface area contributed by atoms with E-state index in [1.807, 2.05) is 66.7 Å². The van der Waals surface area contributed by atoms with Gasteiger partial charge in [0.15, 0.2) is 0 Å². The zero-order valence-corrected chi connectivity index (χ0v) is 19.3. The van der Waals surface area contributed by atoms with Crippen LogP contribution in [-0.4, -0.2) is 59.1 Å². The molecule has 3 atom stereocenters. The van der Waals surface area contributed by atoms with Crippen LogP contribution in [0.1, 0.15) is 11.1 Å². The summed E-state index contributed by atoms with van der Waals surface area (Å²) in [4.78, 5) is 39.8. The number of hydrazine groups is 1. The Morgan fingerprint density at radius 2 is 1.74 bits per heavy atom. The third-order valence-corrected chi connectivity index (χ3v) is 6.78. The van der Waals surface area contributed by atoms with Gasteiger partial charge in [-0.25, -0.2) is 14.8 Å². The Hall–Kier alpha value is -2.72. The van der Waals surface area contributed by atoms with Crippen LogP contribution in [0.4, 0.5) is 4.79 Å². The number of carbonyl (C=O) groups is 3. The molecule has 7 nitrogen and oxygen atoms in total. The smallest absolute Gasteiger partial charge is 0.424 e. The van der Waals surface area contributed by atoms with E-state index in [0.717, 1.165) is 19.6 Å². The first-order valence-corrected chi connectivity index (χ1v) is 10.9. The molecule has 2 fully saturated rings. The fraction of sp³-hybridized carbons (Fsp3) is 0.261. The van der Waals surface area contributed by atoms with Crippen molar-refractivity contribution < 1.29 is 19.1 Å². The summed E-state index contributed by atoms with van der Waals surface area (Å²) < 4.78 is 6.04. The third kappa shape index (κ3) is 3.85. The van der Waals surface area contributed by atoms with Gasteiger partial charge in [-0.1, -0.05) is 60.7 Å². The van der Waals surface area contributed by atoms with Crippen LogP contribution >= 0.6 is 22.6 Å². The molecule has 2 saturated heterocycles. The summed E-state index contributed by atoms with van der Waals surface area (Å²) in [7, 11) is 2.74. The molecule has 3 amide bonds. The van der Waals surface area contributed by atoms with Crippen LogP contribution in [0, 0.1) is 9.49 Å². The number of rotatable bonds is 4.